The molecule has 5 nitrogen and oxygen atoms in total. The van der Waals surface area contributed by atoms with Gasteiger partial charge in [-0.2, -0.15) is 0 Å². The van der Waals surface area contributed by atoms with Crippen molar-refractivity contribution in [3.8, 4) is 0 Å². The quantitative estimate of drug-likeness (QED) is 0.435. The Labute approximate surface area is 143 Å². The number of benzene rings is 1. The Morgan fingerprint density at radius 2 is 1.92 bits per heavy atom. The average molecular weight is 339 g/mol. The second-order valence-corrected chi connectivity index (χ2v) is 6.55. The first-order valence-electron chi connectivity index (χ1n) is 7.55. The first kappa shape index (κ1) is 16.4. The van der Waals surface area contributed by atoms with Crippen molar-refractivity contribution in [3.63, 3.8) is 0 Å². The number of H-pyrrole nitrogens is 1. The first-order valence-corrected chi connectivity index (χ1v) is 8.53. The molecule has 0 saturated heterocycles. The number of rotatable bonds is 5. The van der Waals surface area contributed by atoms with Gasteiger partial charge in [-0.1, -0.05) is 30.0 Å². The minimum absolute atomic E-state index is 0.0326. The highest BCUT2D eigenvalue weighted by Gasteiger charge is 2.20. The fourth-order valence-electron chi connectivity index (χ4n) is 2.86. The van der Waals surface area contributed by atoms with Crippen LogP contribution in [0.5, 0.6) is 0 Å². The summed E-state index contributed by atoms with van der Waals surface area (Å²) in [5.74, 6) is 0.171. The number of thioether (sulfide) groups is 1. The molecule has 0 fully saturated rings. The van der Waals surface area contributed by atoms with Crippen LogP contribution >= 0.6 is 11.8 Å². The minimum Gasteiger partial charge on any atom is -0.355 e. The number of nitrogens with zero attached hydrogens (tertiary/aromatic N) is 2. The summed E-state index contributed by atoms with van der Waals surface area (Å²) >= 11 is 1.38. The van der Waals surface area contributed by atoms with Crippen LogP contribution in [0, 0.1) is 13.8 Å². The maximum absolute atomic E-state index is 12.6. The molecule has 24 heavy (non-hydrogen) atoms. The van der Waals surface area contributed by atoms with Gasteiger partial charge in [0.05, 0.1) is 17.0 Å². The third-order valence-electron chi connectivity index (χ3n) is 3.91. The van der Waals surface area contributed by atoms with Crippen molar-refractivity contribution in [2.45, 2.75) is 25.8 Å². The number of nitrogens with one attached hydrogen (secondary N) is 1. The van der Waals surface area contributed by atoms with Crippen LogP contribution in [0.3, 0.4) is 0 Å². The van der Waals surface area contributed by atoms with Gasteiger partial charge >= 0.3 is 0 Å². The van der Waals surface area contributed by atoms with E-state index < -0.39 is 0 Å². The summed E-state index contributed by atoms with van der Waals surface area (Å²) in [7, 11) is 0. The first-order chi connectivity index (χ1) is 11.5. The van der Waals surface area contributed by atoms with Crippen molar-refractivity contribution < 1.29 is 9.59 Å². The van der Waals surface area contributed by atoms with E-state index in [0.29, 0.717) is 11.3 Å². The number of carbonyl (C=O) groups is 2. The summed E-state index contributed by atoms with van der Waals surface area (Å²) in [6.45, 7) is 5.13. The van der Waals surface area contributed by atoms with E-state index >= 15 is 0 Å². The summed E-state index contributed by atoms with van der Waals surface area (Å²) in [4.78, 5) is 35.8. The molecular formula is C18H17N3O2S. The normalized spacial score (nSPS) is 11.0. The third-order valence-corrected chi connectivity index (χ3v) is 4.92. The van der Waals surface area contributed by atoms with Crippen LogP contribution in [0.15, 0.2) is 35.6 Å². The Bertz CT molecular complexity index is 941. The molecule has 0 saturated carbocycles. The van der Waals surface area contributed by atoms with Crippen LogP contribution in [0.4, 0.5) is 0 Å². The summed E-state index contributed by atoms with van der Waals surface area (Å²) in [5, 5.41) is 1.71. The van der Waals surface area contributed by atoms with Gasteiger partial charge in [-0.15, -0.1) is 0 Å². The highest BCUT2D eigenvalue weighted by atomic mass is 32.2. The number of para-hydroxylation sites is 1. The predicted octanol–water partition coefficient (Wildman–Crippen LogP) is 3.75. The molecule has 0 unspecified atom stereocenters. The highest BCUT2D eigenvalue weighted by Crippen LogP contribution is 2.26. The van der Waals surface area contributed by atoms with Crippen LogP contribution < -0.4 is 0 Å². The molecule has 122 valence electrons. The van der Waals surface area contributed by atoms with Gasteiger partial charge in [0.2, 0.25) is 0 Å². The molecule has 3 aromatic rings. The number of aromatic nitrogens is 3. The van der Waals surface area contributed by atoms with Crippen LogP contribution in [0.1, 0.15) is 39.0 Å². The molecule has 0 radical (unpaired) electrons. The molecule has 1 N–H and O–H groups in total. The third kappa shape index (κ3) is 2.97. The number of hydrogen-bond acceptors (Lipinski definition) is 5. The second-order valence-electron chi connectivity index (χ2n) is 5.59. The smallest absolute Gasteiger partial charge is 0.189 e. The molecule has 0 bridgehead atoms. The molecule has 0 aliphatic heterocycles. The average Bonchev–Trinajstić information content (AvgIpc) is 2.87. The minimum atomic E-state index is -0.0456. The summed E-state index contributed by atoms with van der Waals surface area (Å²) in [5.41, 5.74) is 3.42. The number of aromatic amines is 1. The van der Waals surface area contributed by atoms with Gasteiger partial charge in [0, 0.05) is 16.6 Å². The van der Waals surface area contributed by atoms with E-state index in [0.717, 1.165) is 27.2 Å². The molecular weight excluding hydrogens is 322 g/mol. The largest absolute Gasteiger partial charge is 0.355 e. The molecule has 6 heteroatoms. The lowest BCUT2D eigenvalue weighted by Gasteiger charge is -2.04. The van der Waals surface area contributed by atoms with Crippen LogP contribution in [-0.2, 0) is 0 Å². The fraction of sp³-hybridized carbons (Fsp3) is 0.222. The lowest BCUT2D eigenvalue weighted by molar-refractivity contribution is 0.101. The van der Waals surface area contributed by atoms with Crippen molar-refractivity contribution in [1.29, 1.82) is 0 Å². The highest BCUT2D eigenvalue weighted by molar-refractivity contribution is 8.00. The number of ketones is 2. The van der Waals surface area contributed by atoms with Gasteiger partial charge < -0.3 is 4.98 Å². The van der Waals surface area contributed by atoms with Crippen molar-refractivity contribution in [3.05, 3.63) is 53.1 Å². The van der Waals surface area contributed by atoms with E-state index in [1.54, 1.807) is 6.92 Å². The van der Waals surface area contributed by atoms with E-state index in [4.69, 9.17) is 0 Å². The Morgan fingerprint density at radius 3 is 2.62 bits per heavy atom. The lowest BCUT2D eigenvalue weighted by Crippen LogP contribution is -2.06. The van der Waals surface area contributed by atoms with Gasteiger partial charge in [0.1, 0.15) is 11.4 Å². The zero-order valence-corrected chi connectivity index (χ0v) is 14.5. The van der Waals surface area contributed by atoms with Crippen molar-refractivity contribution in [2.24, 2.45) is 0 Å². The maximum Gasteiger partial charge on any atom is 0.189 e. The standard InChI is InChI=1S/C18H17N3O2S/c1-10-16(12(3)22)11(2)21-17(10)15(23)8-24-18-13-6-4-5-7-14(13)19-9-20-18/h4-7,9,21H,8H2,1-3H3. The van der Waals surface area contributed by atoms with E-state index in [-0.39, 0.29) is 17.3 Å². The summed E-state index contributed by atoms with van der Waals surface area (Å²) in [6, 6.07) is 7.71. The Morgan fingerprint density at radius 1 is 1.17 bits per heavy atom. The van der Waals surface area contributed by atoms with E-state index in [1.807, 2.05) is 31.2 Å². The Balaban J connectivity index is 1.83. The van der Waals surface area contributed by atoms with E-state index in [1.165, 1.54) is 25.0 Å². The van der Waals surface area contributed by atoms with E-state index in [2.05, 4.69) is 15.0 Å². The maximum atomic E-state index is 12.6. The molecule has 0 spiro atoms. The molecule has 2 aromatic heterocycles. The van der Waals surface area contributed by atoms with Crippen LogP contribution in [-0.4, -0.2) is 32.3 Å². The van der Waals surface area contributed by atoms with Crippen molar-refractivity contribution >= 4 is 34.2 Å². The molecule has 0 aliphatic carbocycles. The van der Waals surface area contributed by atoms with Gasteiger partial charge in [-0.25, -0.2) is 9.97 Å². The topological polar surface area (TPSA) is 75.7 Å². The monoisotopic (exact) mass is 339 g/mol. The molecule has 1 aromatic carbocycles. The van der Waals surface area contributed by atoms with Crippen molar-refractivity contribution in [2.75, 3.05) is 5.75 Å². The van der Waals surface area contributed by atoms with Crippen molar-refractivity contribution in [1.82, 2.24) is 15.0 Å². The molecule has 3 rings (SSSR count). The predicted molar refractivity (Wildman–Crippen MR) is 94.9 cm³/mol. The SMILES string of the molecule is CC(=O)c1c(C)[nH]c(C(=O)CSc2ncnc3ccccc23)c1C. The van der Waals surface area contributed by atoms with E-state index in [9.17, 15) is 9.59 Å². The lowest BCUT2D eigenvalue weighted by atomic mass is 10.1. The fourth-order valence-corrected chi connectivity index (χ4v) is 3.72. The van der Waals surface area contributed by atoms with Gasteiger partial charge in [-0.3, -0.25) is 9.59 Å². The van der Waals surface area contributed by atoms with Gasteiger partial charge in [0.15, 0.2) is 11.6 Å². The zero-order valence-electron chi connectivity index (χ0n) is 13.7. The number of hydrogen-bond donors (Lipinski definition) is 1. The Hall–Kier alpha value is -2.47. The van der Waals surface area contributed by atoms with Gasteiger partial charge in [-0.05, 0) is 32.4 Å². The number of aryl methyl sites for hydroxylation is 1. The Kier molecular flexibility index (Phi) is 4.49. The summed E-state index contributed by atoms with van der Waals surface area (Å²) < 4.78 is 0. The van der Waals surface area contributed by atoms with Crippen LogP contribution in [0.25, 0.3) is 10.9 Å². The molecule has 2 heterocycles. The van der Waals surface area contributed by atoms with Crippen LogP contribution in [0.2, 0.25) is 0 Å². The number of carbonyl (C=O) groups excluding carboxylic acids is 2. The molecule has 0 atom stereocenters. The zero-order chi connectivity index (χ0) is 17.3. The van der Waals surface area contributed by atoms with Gasteiger partial charge in [0.25, 0.3) is 0 Å². The molecule has 0 amide bonds. The molecule has 0 aliphatic rings. The number of Topliss-reactive ketones (excluding diaryl/α,β-unsaturated/α-hetero) is 2. The summed E-state index contributed by atoms with van der Waals surface area (Å²) in [6.07, 6.45) is 1.51. The second kappa shape index (κ2) is 6.57. The number of fused-ring (bicyclic) bond motifs is 1.